The quantitative estimate of drug-likeness (QED) is 0.358. The predicted octanol–water partition coefficient (Wildman–Crippen LogP) is 2.83. The molecule has 7 nitrogen and oxygen atoms in total. The lowest BCUT2D eigenvalue weighted by molar-refractivity contribution is -0.385. The van der Waals surface area contributed by atoms with Gasteiger partial charge in [-0.15, -0.1) is 0 Å². The van der Waals surface area contributed by atoms with Gasteiger partial charge in [0.2, 0.25) is 0 Å². The number of halogens is 1. The number of hydrogen-bond acceptors (Lipinski definition) is 6. The highest BCUT2D eigenvalue weighted by molar-refractivity contribution is 9.10. The Balaban J connectivity index is 1.85. The van der Waals surface area contributed by atoms with Crippen LogP contribution in [0.4, 0.5) is 17.2 Å². The van der Waals surface area contributed by atoms with E-state index in [0.717, 1.165) is 0 Å². The second kappa shape index (κ2) is 6.89. The Kier molecular flexibility index (Phi) is 4.94. The number of benzene rings is 1. The van der Waals surface area contributed by atoms with E-state index in [9.17, 15) is 10.1 Å². The molecule has 0 aliphatic rings. The minimum Gasteiger partial charge on any atom is -0.492 e. The minimum absolute atomic E-state index is 0.0663. The van der Waals surface area contributed by atoms with E-state index in [2.05, 4.69) is 26.2 Å². The molecule has 0 saturated heterocycles. The summed E-state index contributed by atoms with van der Waals surface area (Å²) in [5.41, 5.74) is 6.22. The van der Waals surface area contributed by atoms with Crippen LogP contribution in [-0.2, 0) is 0 Å². The molecule has 2 rings (SSSR count). The number of nitrogens with two attached hydrogens (primary N) is 1. The molecule has 3 N–H and O–H groups in total. The topological polar surface area (TPSA) is 103 Å². The van der Waals surface area contributed by atoms with Crippen LogP contribution in [0.2, 0.25) is 0 Å². The van der Waals surface area contributed by atoms with Crippen LogP contribution in [0.25, 0.3) is 0 Å². The molecule has 1 aromatic carbocycles. The number of hydrogen-bond donors (Lipinski definition) is 2. The Morgan fingerprint density at radius 2 is 2.24 bits per heavy atom. The molecule has 21 heavy (non-hydrogen) atoms. The Labute approximate surface area is 129 Å². The van der Waals surface area contributed by atoms with Gasteiger partial charge in [0.25, 0.3) is 5.69 Å². The van der Waals surface area contributed by atoms with E-state index in [4.69, 9.17) is 10.5 Å². The van der Waals surface area contributed by atoms with Crippen molar-refractivity contribution in [3.63, 3.8) is 0 Å². The van der Waals surface area contributed by atoms with Gasteiger partial charge in [-0.2, -0.15) is 0 Å². The highest BCUT2D eigenvalue weighted by Gasteiger charge is 2.10. The van der Waals surface area contributed by atoms with Crippen molar-refractivity contribution in [1.82, 2.24) is 4.98 Å². The first-order valence-corrected chi connectivity index (χ1v) is 6.87. The number of nitrogens with one attached hydrogen (secondary N) is 1. The van der Waals surface area contributed by atoms with Crippen LogP contribution in [0.1, 0.15) is 0 Å². The van der Waals surface area contributed by atoms with Crippen molar-refractivity contribution in [3.8, 4) is 5.75 Å². The maximum absolute atomic E-state index is 10.6. The van der Waals surface area contributed by atoms with Gasteiger partial charge >= 0.3 is 0 Å². The first kappa shape index (κ1) is 15.0. The van der Waals surface area contributed by atoms with Crippen molar-refractivity contribution in [2.24, 2.45) is 0 Å². The molecular weight excluding hydrogens is 340 g/mol. The third-order valence-corrected chi connectivity index (χ3v) is 3.16. The van der Waals surface area contributed by atoms with Crippen LogP contribution in [-0.4, -0.2) is 23.1 Å². The zero-order valence-electron chi connectivity index (χ0n) is 11.0. The third kappa shape index (κ3) is 4.32. The molecule has 1 heterocycles. The lowest BCUT2D eigenvalue weighted by atomic mass is 10.3. The Morgan fingerprint density at radius 3 is 2.90 bits per heavy atom. The normalized spacial score (nSPS) is 10.1. The van der Waals surface area contributed by atoms with Crippen LogP contribution in [0.15, 0.2) is 41.0 Å². The van der Waals surface area contributed by atoms with Crippen LogP contribution in [0.3, 0.4) is 0 Å². The van der Waals surface area contributed by atoms with Gasteiger partial charge in [-0.25, -0.2) is 4.98 Å². The molecule has 0 bridgehead atoms. The lowest BCUT2D eigenvalue weighted by Crippen LogP contribution is -2.12. The van der Waals surface area contributed by atoms with Crippen molar-refractivity contribution >= 4 is 33.1 Å². The maximum Gasteiger partial charge on any atom is 0.288 e. The van der Waals surface area contributed by atoms with Gasteiger partial charge in [0.1, 0.15) is 24.4 Å². The molecule has 1 aromatic heterocycles. The number of nitrogen functional groups attached to an aromatic ring is 1. The molecule has 8 heteroatoms. The highest BCUT2D eigenvalue weighted by Crippen LogP contribution is 2.24. The van der Waals surface area contributed by atoms with Crippen LogP contribution in [0, 0.1) is 10.1 Å². The molecule has 0 unspecified atom stereocenters. The number of pyridine rings is 1. The molecule has 0 saturated carbocycles. The molecule has 0 amide bonds. The standard InChI is InChI=1S/C13H13BrN4O3/c14-12-7-10(18(19)20)8-17-13(12)16-4-5-21-11-3-1-2-9(15)6-11/h1-3,6-8H,4-5,15H2,(H,16,17). The first-order valence-electron chi connectivity index (χ1n) is 6.08. The predicted molar refractivity (Wildman–Crippen MR) is 83.4 cm³/mol. The molecule has 0 aliphatic heterocycles. The Morgan fingerprint density at radius 1 is 1.43 bits per heavy atom. The number of aromatic nitrogens is 1. The largest absolute Gasteiger partial charge is 0.492 e. The van der Waals surface area contributed by atoms with E-state index < -0.39 is 4.92 Å². The van der Waals surface area contributed by atoms with Gasteiger partial charge < -0.3 is 15.8 Å². The number of rotatable bonds is 6. The Bertz CT molecular complexity index is 651. The summed E-state index contributed by atoms with van der Waals surface area (Å²) in [6, 6.07) is 8.54. The van der Waals surface area contributed by atoms with Crippen molar-refractivity contribution < 1.29 is 9.66 Å². The fraction of sp³-hybridized carbons (Fsp3) is 0.154. The van der Waals surface area contributed by atoms with Crippen LogP contribution < -0.4 is 15.8 Å². The number of anilines is 2. The van der Waals surface area contributed by atoms with Gasteiger partial charge in [-0.1, -0.05) is 6.07 Å². The zero-order valence-corrected chi connectivity index (χ0v) is 12.5. The minimum atomic E-state index is -0.496. The van der Waals surface area contributed by atoms with Gasteiger partial charge in [0.15, 0.2) is 0 Å². The Hall–Kier alpha value is -2.35. The molecular formula is C13H13BrN4O3. The van der Waals surface area contributed by atoms with E-state index in [1.165, 1.54) is 12.3 Å². The van der Waals surface area contributed by atoms with Crippen molar-refractivity contribution in [2.45, 2.75) is 0 Å². The van der Waals surface area contributed by atoms with Crippen molar-refractivity contribution in [1.29, 1.82) is 0 Å². The summed E-state index contributed by atoms with van der Waals surface area (Å²) in [5, 5.41) is 13.6. The fourth-order valence-corrected chi connectivity index (χ4v) is 2.08. The summed E-state index contributed by atoms with van der Waals surface area (Å²) >= 11 is 3.24. The van der Waals surface area contributed by atoms with Gasteiger partial charge in [-0.3, -0.25) is 10.1 Å². The average molecular weight is 353 g/mol. The van der Waals surface area contributed by atoms with Gasteiger partial charge in [-0.05, 0) is 28.1 Å². The van der Waals surface area contributed by atoms with E-state index in [1.54, 1.807) is 12.1 Å². The van der Waals surface area contributed by atoms with E-state index in [-0.39, 0.29) is 5.69 Å². The summed E-state index contributed by atoms with van der Waals surface area (Å²) < 4.78 is 6.04. The van der Waals surface area contributed by atoms with E-state index in [0.29, 0.717) is 34.9 Å². The van der Waals surface area contributed by atoms with Crippen LogP contribution in [0.5, 0.6) is 5.75 Å². The van der Waals surface area contributed by atoms with Crippen LogP contribution >= 0.6 is 15.9 Å². The number of nitro groups is 1. The maximum atomic E-state index is 10.6. The van der Waals surface area contributed by atoms with Gasteiger partial charge in [0, 0.05) is 17.8 Å². The number of ether oxygens (including phenoxy) is 1. The highest BCUT2D eigenvalue weighted by atomic mass is 79.9. The summed E-state index contributed by atoms with van der Waals surface area (Å²) in [5.74, 6) is 1.21. The second-order valence-corrected chi connectivity index (χ2v) is 4.98. The molecule has 110 valence electrons. The molecule has 0 atom stereocenters. The fourth-order valence-electron chi connectivity index (χ4n) is 1.60. The summed E-state index contributed by atoms with van der Waals surface area (Å²) in [6.45, 7) is 0.909. The smallest absolute Gasteiger partial charge is 0.288 e. The summed E-state index contributed by atoms with van der Waals surface area (Å²) in [7, 11) is 0. The molecule has 0 spiro atoms. The monoisotopic (exact) mass is 352 g/mol. The van der Waals surface area contributed by atoms with E-state index >= 15 is 0 Å². The molecule has 2 aromatic rings. The zero-order chi connectivity index (χ0) is 15.2. The second-order valence-electron chi connectivity index (χ2n) is 4.13. The third-order valence-electron chi connectivity index (χ3n) is 2.56. The number of nitrogens with zero attached hydrogens (tertiary/aromatic N) is 2. The molecule has 0 aliphatic carbocycles. The molecule has 0 radical (unpaired) electrons. The SMILES string of the molecule is Nc1cccc(OCCNc2ncc([N+](=O)[O-])cc2Br)c1. The summed E-state index contributed by atoms with van der Waals surface area (Å²) in [4.78, 5) is 14.1. The van der Waals surface area contributed by atoms with Crippen molar-refractivity contribution in [3.05, 3.63) is 51.1 Å². The summed E-state index contributed by atoms with van der Waals surface area (Å²) in [6.07, 6.45) is 1.20. The van der Waals surface area contributed by atoms with E-state index in [1.807, 2.05) is 12.1 Å². The lowest BCUT2D eigenvalue weighted by Gasteiger charge is -2.09. The van der Waals surface area contributed by atoms with Gasteiger partial charge in [0.05, 0.1) is 15.9 Å². The molecule has 0 fully saturated rings. The average Bonchev–Trinajstić information content (AvgIpc) is 2.45. The first-order chi connectivity index (χ1) is 10.1. The van der Waals surface area contributed by atoms with Crippen molar-refractivity contribution in [2.75, 3.05) is 24.2 Å².